The van der Waals surface area contributed by atoms with E-state index in [0.717, 1.165) is 43.2 Å². The van der Waals surface area contributed by atoms with E-state index in [1.54, 1.807) is 6.07 Å². The van der Waals surface area contributed by atoms with Crippen LogP contribution in [0.15, 0.2) is 12.1 Å². The van der Waals surface area contributed by atoms with Crippen molar-refractivity contribution in [2.75, 3.05) is 11.1 Å². The predicted octanol–water partition coefficient (Wildman–Crippen LogP) is 3.45. The molecule has 0 unspecified atom stereocenters. The van der Waals surface area contributed by atoms with E-state index in [1.807, 2.05) is 6.07 Å². The van der Waals surface area contributed by atoms with Gasteiger partial charge in [0, 0.05) is 5.56 Å². The zero-order valence-corrected chi connectivity index (χ0v) is 14.8. The van der Waals surface area contributed by atoms with Gasteiger partial charge in [-0.2, -0.15) is 8.42 Å². The Bertz CT molecular complexity index is 758. The lowest BCUT2D eigenvalue weighted by Crippen LogP contribution is -2.53. The Morgan fingerprint density at radius 3 is 2.58 bits per heavy atom. The van der Waals surface area contributed by atoms with Crippen LogP contribution in [0.25, 0.3) is 0 Å². The van der Waals surface area contributed by atoms with Gasteiger partial charge in [0.05, 0.1) is 22.0 Å². The van der Waals surface area contributed by atoms with Crippen LogP contribution >= 0.6 is 11.6 Å². The smallest absolute Gasteiger partial charge is 0.319 e. The number of hydrogen-bond acceptors (Lipinski definition) is 3. The molecule has 0 saturated heterocycles. The molecule has 24 heavy (non-hydrogen) atoms. The third kappa shape index (κ3) is 3.53. The van der Waals surface area contributed by atoms with E-state index in [1.165, 1.54) is 0 Å². The van der Waals surface area contributed by atoms with E-state index >= 15 is 0 Å². The van der Waals surface area contributed by atoms with Crippen molar-refractivity contribution in [3.05, 3.63) is 28.3 Å². The van der Waals surface area contributed by atoms with Crippen LogP contribution < -0.4 is 10.6 Å². The number of urea groups is 1. The molecule has 0 aromatic heterocycles. The molecule has 6 nitrogen and oxygen atoms in total. The van der Waals surface area contributed by atoms with Gasteiger partial charge in [-0.1, -0.05) is 36.9 Å². The summed E-state index contributed by atoms with van der Waals surface area (Å²) in [4.78, 5) is 12.1. The first kappa shape index (κ1) is 17.5. The second-order valence-electron chi connectivity index (χ2n) is 6.57. The maximum absolute atomic E-state index is 12.1. The van der Waals surface area contributed by atoms with Gasteiger partial charge in [0.2, 0.25) is 0 Å². The fraction of sp³-hybridized carbons (Fsp3) is 0.562. The highest BCUT2D eigenvalue weighted by atomic mass is 35.5. The third-order valence-electron chi connectivity index (χ3n) is 4.87. The molecule has 1 aromatic rings. The number of amides is 2. The molecule has 1 fully saturated rings. The van der Waals surface area contributed by atoms with Crippen molar-refractivity contribution in [1.82, 2.24) is 5.32 Å². The summed E-state index contributed by atoms with van der Waals surface area (Å²) in [6.07, 6.45) is 5.69. The zero-order valence-electron chi connectivity index (χ0n) is 13.3. The van der Waals surface area contributed by atoms with Gasteiger partial charge in [-0.05, 0) is 37.3 Å². The van der Waals surface area contributed by atoms with Crippen molar-refractivity contribution >= 4 is 33.4 Å². The molecule has 132 valence electrons. The maximum Gasteiger partial charge on any atom is 0.319 e. The Kier molecular flexibility index (Phi) is 4.77. The third-order valence-corrected chi connectivity index (χ3v) is 5.99. The molecule has 1 saturated carbocycles. The molecule has 0 bridgehead atoms. The van der Waals surface area contributed by atoms with Crippen LogP contribution in [0.2, 0.25) is 5.02 Å². The van der Waals surface area contributed by atoms with Gasteiger partial charge in [-0.15, -0.1) is 0 Å². The summed E-state index contributed by atoms with van der Waals surface area (Å²) >= 11 is 6.31. The van der Waals surface area contributed by atoms with Gasteiger partial charge in [-0.3, -0.25) is 4.55 Å². The molecule has 2 amide bonds. The Balaban J connectivity index is 1.99. The first-order valence-corrected chi connectivity index (χ1v) is 10.2. The summed E-state index contributed by atoms with van der Waals surface area (Å²) in [5.41, 5.74) is 2.14. The standard InChI is InChI=1S/C16H21ClN2O4S/c17-12-7-6-11(5-4-10-24(21,22)23)13-14(12)18-15(20)19-16(13)8-2-1-3-9-16/h6-7H,1-5,8-10H2,(H2,18,19,20)(H,21,22,23). The average molecular weight is 373 g/mol. The second-order valence-corrected chi connectivity index (χ2v) is 8.55. The summed E-state index contributed by atoms with van der Waals surface area (Å²) in [6.45, 7) is 0. The van der Waals surface area contributed by atoms with Gasteiger partial charge < -0.3 is 10.6 Å². The van der Waals surface area contributed by atoms with Gasteiger partial charge >= 0.3 is 6.03 Å². The SMILES string of the molecule is O=C1Nc2c(Cl)ccc(CCCS(=O)(=O)O)c2C2(CCCCC2)N1. The molecule has 0 radical (unpaired) electrons. The van der Waals surface area contributed by atoms with Crippen LogP contribution in [0.3, 0.4) is 0 Å². The molecule has 3 N–H and O–H groups in total. The normalized spacial score (nSPS) is 19.5. The van der Waals surface area contributed by atoms with Crippen molar-refractivity contribution in [2.24, 2.45) is 0 Å². The van der Waals surface area contributed by atoms with Gasteiger partial charge in [0.25, 0.3) is 10.1 Å². The van der Waals surface area contributed by atoms with Crippen LogP contribution in [-0.4, -0.2) is 24.8 Å². The number of halogens is 1. The second kappa shape index (κ2) is 6.54. The lowest BCUT2D eigenvalue weighted by atomic mass is 9.73. The minimum absolute atomic E-state index is 0.249. The number of fused-ring (bicyclic) bond motifs is 2. The molecule has 1 aromatic carbocycles. The van der Waals surface area contributed by atoms with Crippen molar-refractivity contribution in [3.63, 3.8) is 0 Å². The summed E-state index contributed by atoms with van der Waals surface area (Å²) < 4.78 is 30.9. The fourth-order valence-corrected chi connectivity index (χ4v) is 4.61. The van der Waals surface area contributed by atoms with Crippen molar-refractivity contribution < 1.29 is 17.8 Å². The van der Waals surface area contributed by atoms with E-state index in [4.69, 9.17) is 16.2 Å². The van der Waals surface area contributed by atoms with Gasteiger partial charge in [0.15, 0.2) is 0 Å². The fourth-order valence-electron chi connectivity index (χ4n) is 3.90. The topological polar surface area (TPSA) is 95.5 Å². The number of hydrogen-bond donors (Lipinski definition) is 3. The number of nitrogens with one attached hydrogen (secondary N) is 2. The quantitative estimate of drug-likeness (QED) is 0.705. The molecule has 1 aliphatic carbocycles. The minimum Gasteiger partial charge on any atom is -0.328 e. The lowest BCUT2D eigenvalue weighted by Gasteiger charge is -2.44. The van der Waals surface area contributed by atoms with Crippen molar-refractivity contribution in [3.8, 4) is 0 Å². The summed E-state index contributed by atoms with van der Waals surface area (Å²) in [6, 6.07) is 3.37. The molecule has 1 heterocycles. The summed E-state index contributed by atoms with van der Waals surface area (Å²) in [7, 11) is -3.98. The molecule has 0 atom stereocenters. The Labute approximate surface area is 146 Å². The number of carbonyl (C=O) groups is 1. The van der Waals surface area contributed by atoms with E-state index in [9.17, 15) is 13.2 Å². The van der Waals surface area contributed by atoms with E-state index in [0.29, 0.717) is 23.6 Å². The average Bonchev–Trinajstić information content (AvgIpc) is 2.49. The maximum atomic E-state index is 12.1. The predicted molar refractivity (Wildman–Crippen MR) is 93.1 cm³/mol. The van der Waals surface area contributed by atoms with E-state index in [-0.39, 0.29) is 11.8 Å². The summed E-state index contributed by atoms with van der Waals surface area (Å²) in [5, 5.41) is 6.37. The highest BCUT2D eigenvalue weighted by Crippen LogP contribution is 2.46. The van der Waals surface area contributed by atoms with Crippen LogP contribution in [-0.2, 0) is 22.1 Å². The van der Waals surface area contributed by atoms with Gasteiger partial charge in [0.1, 0.15) is 0 Å². The number of benzene rings is 1. The lowest BCUT2D eigenvalue weighted by molar-refractivity contribution is 0.208. The first-order chi connectivity index (χ1) is 11.3. The van der Waals surface area contributed by atoms with Crippen molar-refractivity contribution in [2.45, 2.75) is 50.5 Å². The minimum atomic E-state index is -3.98. The Hall–Kier alpha value is -1.31. The highest BCUT2D eigenvalue weighted by Gasteiger charge is 2.42. The molecular formula is C16H21ClN2O4S. The van der Waals surface area contributed by atoms with Crippen LogP contribution in [0.4, 0.5) is 10.5 Å². The Morgan fingerprint density at radius 2 is 1.92 bits per heavy atom. The van der Waals surface area contributed by atoms with Crippen LogP contribution in [0, 0.1) is 0 Å². The number of anilines is 1. The van der Waals surface area contributed by atoms with Crippen LogP contribution in [0.5, 0.6) is 0 Å². The number of rotatable bonds is 4. The number of carbonyl (C=O) groups excluding carboxylic acids is 1. The van der Waals surface area contributed by atoms with Crippen LogP contribution in [0.1, 0.15) is 49.7 Å². The van der Waals surface area contributed by atoms with E-state index in [2.05, 4.69) is 10.6 Å². The zero-order chi connectivity index (χ0) is 17.4. The first-order valence-electron chi connectivity index (χ1n) is 8.17. The largest absolute Gasteiger partial charge is 0.328 e. The molecule has 8 heteroatoms. The molecule has 3 rings (SSSR count). The van der Waals surface area contributed by atoms with Crippen molar-refractivity contribution in [1.29, 1.82) is 0 Å². The Morgan fingerprint density at radius 1 is 1.21 bits per heavy atom. The van der Waals surface area contributed by atoms with Gasteiger partial charge in [-0.25, -0.2) is 4.79 Å². The summed E-state index contributed by atoms with van der Waals surface area (Å²) in [5.74, 6) is -0.281. The monoisotopic (exact) mass is 372 g/mol. The molecule has 1 aliphatic heterocycles. The van der Waals surface area contributed by atoms with E-state index < -0.39 is 15.7 Å². The number of aryl methyl sites for hydroxylation is 1. The molecule has 1 spiro atoms. The molecular weight excluding hydrogens is 352 g/mol. The highest BCUT2D eigenvalue weighted by molar-refractivity contribution is 7.85. The molecule has 2 aliphatic rings.